The smallest absolute Gasteiger partial charge is 0.307 e. The quantitative estimate of drug-likeness (QED) is 0.810. The fourth-order valence-corrected chi connectivity index (χ4v) is 1.13. The van der Waals surface area contributed by atoms with E-state index in [1.807, 2.05) is 0 Å². The normalized spacial score (nSPS) is 10.6. The van der Waals surface area contributed by atoms with Crippen molar-refractivity contribution >= 4 is 23.6 Å². The maximum absolute atomic E-state index is 10.2. The first-order valence-corrected chi connectivity index (χ1v) is 4.34. The van der Waals surface area contributed by atoms with Crippen molar-refractivity contribution in [2.45, 2.75) is 6.42 Å². The summed E-state index contributed by atoms with van der Waals surface area (Å²) >= 11 is 5.80. The van der Waals surface area contributed by atoms with Crippen molar-refractivity contribution in [3.8, 4) is 5.75 Å². The molecule has 74 valence electrons. The minimum Gasteiger partial charge on any atom is -0.508 e. The summed E-state index contributed by atoms with van der Waals surface area (Å²) in [7, 11) is 0. The van der Waals surface area contributed by atoms with Crippen LogP contribution in [0.4, 0.5) is 0 Å². The van der Waals surface area contributed by atoms with Gasteiger partial charge in [0.25, 0.3) is 0 Å². The zero-order chi connectivity index (χ0) is 10.6. The number of carbonyl (C=O) groups is 1. The van der Waals surface area contributed by atoms with Gasteiger partial charge in [-0.1, -0.05) is 23.8 Å². The fourth-order valence-electron chi connectivity index (χ4n) is 0.946. The lowest BCUT2D eigenvalue weighted by Crippen LogP contribution is -1.89. The SMILES string of the molecule is O=C(O)CC=Cc1cc(O)ccc1Cl. The Hall–Kier alpha value is -1.48. The van der Waals surface area contributed by atoms with Crippen LogP contribution in [0.25, 0.3) is 6.08 Å². The van der Waals surface area contributed by atoms with Crippen LogP contribution in [0.1, 0.15) is 12.0 Å². The Balaban J connectivity index is 2.80. The molecule has 0 saturated carbocycles. The number of phenolic OH excluding ortho intramolecular Hbond substituents is 1. The number of carboxylic acids is 1. The van der Waals surface area contributed by atoms with E-state index in [1.54, 1.807) is 12.1 Å². The maximum atomic E-state index is 10.2. The standard InChI is InChI=1S/C10H9ClO3/c11-9-5-4-8(12)6-7(9)2-1-3-10(13)14/h1-2,4-6,12H,3H2,(H,13,14). The molecule has 0 aromatic heterocycles. The molecule has 0 aliphatic carbocycles. The molecule has 0 bridgehead atoms. The van der Waals surface area contributed by atoms with Gasteiger partial charge in [-0.2, -0.15) is 0 Å². The Bertz CT molecular complexity index is 372. The van der Waals surface area contributed by atoms with Crippen molar-refractivity contribution < 1.29 is 15.0 Å². The van der Waals surface area contributed by atoms with E-state index in [-0.39, 0.29) is 12.2 Å². The first-order valence-electron chi connectivity index (χ1n) is 3.96. The number of benzene rings is 1. The highest BCUT2D eigenvalue weighted by Crippen LogP contribution is 2.22. The number of carboxylic acid groups (broad SMARTS) is 1. The summed E-state index contributed by atoms with van der Waals surface area (Å²) in [6, 6.07) is 4.49. The molecule has 0 spiro atoms. The van der Waals surface area contributed by atoms with E-state index in [9.17, 15) is 4.79 Å². The second-order valence-corrected chi connectivity index (χ2v) is 3.11. The zero-order valence-electron chi connectivity index (χ0n) is 7.27. The summed E-state index contributed by atoms with van der Waals surface area (Å²) in [4.78, 5) is 10.2. The molecule has 0 saturated heterocycles. The fraction of sp³-hybridized carbons (Fsp3) is 0.100. The van der Waals surface area contributed by atoms with Crippen molar-refractivity contribution in [3.63, 3.8) is 0 Å². The lowest BCUT2D eigenvalue weighted by Gasteiger charge is -1.98. The molecule has 0 fully saturated rings. The minimum absolute atomic E-state index is 0.0635. The van der Waals surface area contributed by atoms with Crippen molar-refractivity contribution in [1.82, 2.24) is 0 Å². The monoisotopic (exact) mass is 212 g/mol. The molecule has 0 amide bonds. The van der Waals surface area contributed by atoms with Crippen molar-refractivity contribution in [2.75, 3.05) is 0 Å². The molecule has 1 aromatic carbocycles. The predicted octanol–water partition coefficient (Wildman–Crippen LogP) is 2.53. The number of hydrogen-bond acceptors (Lipinski definition) is 2. The molecule has 4 heteroatoms. The minimum atomic E-state index is -0.905. The molecule has 0 aliphatic heterocycles. The van der Waals surface area contributed by atoms with Crippen LogP contribution in [0.2, 0.25) is 5.02 Å². The van der Waals surface area contributed by atoms with Crippen LogP contribution in [0.3, 0.4) is 0 Å². The van der Waals surface area contributed by atoms with Gasteiger partial charge in [0.15, 0.2) is 0 Å². The Morgan fingerprint density at radius 3 is 2.86 bits per heavy atom. The lowest BCUT2D eigenvalue weighted by molar-refractivity contribution is -0.135. The molecule has 0 atom stereocenters. The summed E-state index contributed by atoms with van der Waals surface area (Å²) in [6.07, 6.45) is 2.98. The van der Waals surface area contributed by atoms with Crippen LogP contribution >= 0.6 is 11.6 Å². The Labute approximate surface area is 86.3 Å². The van der Waals surface area contributed by atoms with E-state index in [1.165, 1.54) is 18.2 Å². The summed E-state index contributed by atoms with van der Waals surface area (Å²) in [5.74, 6) is -0.804. The number of rotatable bonds is 3. The van der Waals surface area contributed by atoms with E-state index < -0.39 is 5.97 Å². The third kappa shape index (κ3) is 3.11. The van der Waals surface area contributed by atoms with Gasteiger partial charge in [0, 0.05) is 5.02 Å². The molecular formula is C10H9ClO3. The third-order valence-electron chi connectivity index (χ3n) is 1.57. The Morgan fingerprint density at radius 2 is 2.21 bits per heavy atom. The van der Waals surface area contributed by atoms with E-state index in [0.717, 1.165) is 0 Å². The predicted molar refractivity (Wildman–Crippen MR) is 54.4 cm³/mol. The molecule has 2 N–H and O–H groups in total. The highest BCUT2D eigenvalue weighted by Gasteiger charge is 1.98. The molecule has 0 aliphatic rings. The van der Waals surface area contributed by atoms with Gasteiger partial charge in [0.1, 0.15) is 5.75 Å². The number of aromatic hydroxyl groups is 1. The van der Waals surface area contributed by atoms with Gasteiger partial charge in [-0.15, -0.1) is 0 Å². The summed E-state index contributed by atoms with van der Waals surface area (Å²) < 4.78 is 0. The van der Waals surface area contributed by atoms with Gasteiger partial charge >= 0.3 is 5.97 Å². The second kappa shape index (κ2) is 4.67. The molecule has 1 rings (SSSR count). The topological polar surface area (TPSA) is 57.5 Å². The van der Waals surface area contributed by atoms with Gasteiger partial charge in [-0.05, 0) is 23.8 Å². The van der Waals surface area contributed by atoms with Crippen LogP contribution in [0.15, 0.2) is 24.3 Å². The summed E-state index contributed by atoms with van der Waals surface area (Å²) in [6.45, 7) is 0. The van der Waals surface area contributed by atoms with E-state index in [4.69, 9.17) is 21.8 Å². The Kier molecular flexibility index (Phi) is 3.54. The first kappa shape index (κ1) is 10.6. The van der Waals surface area contributed by atoms with E-state index in [0.29, 0.717) is 10.6 Å². The van der Waals surface area contributed by atoms with Crippen molar-refractivity contribution in [1.29, 1.82) is 0 Å². The van der Waals surface area contributed by atoms with E-state index >= 15 is 0 Å². The van der Waals surface area contributed by atoms with Gasteiger partial charge in [-0.3, -0.25) is 4.79 Å². The summed E-state index contributed by atoms with van der Waals surface area (Å²) in [5.41, 5.74) is 0.605. The van der Waals surface area contributed by atoms with Crippen LogP contribution in [0.5, 0.6) is 5.75 Å². The lowest BCUT2D eigenvalue weighted by atomic mass is 10.2. The highest BCUT2D eigenvalue weighted by atomic mass is 35.5. The molecule has 1 aromatic rings. The molecule has 0 unspecified atom stereocenters. The third-order valence-corrected chi connectivity index (χ3v) is 1.91. The number of halogens is 1. The first-order chi connectivity index (χ1) is 6.59. The van der Waals surface area contributed by atoms with Crippen LogP contribution in [-0.4, -0.2) is 16.2 Å². The van der Waals surface area contributed by atoms with Gasteiger partial charge in [0.2, 0.25) is 0 Å². The van der Waals surface area contributed by atoms with Crippen molar-refractivity contribution in [2.24, 2.45) is 0 Å². The number of aliphatic carboxylic acids is 1. The second-order valence-electron chi connectivity index (χ2n) is 2.71. The largest absolute Gasteiger partial charge is 0.508 e. The van der Waals surface area contributed by atoms with E-state index in [2.05, 4.69) is 0 Å². The maximum Gasteiger partial charge on any atom is 0.307 e. The molecule has 3 nitrogen and oxygen atoms in total. The average molecular weight is 213 g/mol. The van der Waals surface area contributed by atoms with Crippen LogP contribution in [0, 0.1) is 0 Å². The van der Waals surface area contributed by atoms with Gasteiger partial charge in [0.05, 0.1) is 6.42 Å². The number of hydrogen-bond donors (Lipinski definition) is 2. The van der Waals surface area contributed by atoms with Gasteiger partial charge < -0.3 is 10.2 Å². The molecule has 0 radical (unpaired) electrons. The molecular weight excluding hydrogens is 204 g/mol. The summed E-state index contributed by atoms with van der Waals surface area (Å²) in [5, 5.41) is 18.0. The average Bonchev–Trinajstić information content (AvgIpc) is 2.10. The zero-order valence-corrected chi connectivity index (χ0v) is 8.03. The molecule has 14 heavy (non-hydrogen) atoms. The molecule has 0 heterocycles. The van der Waals surface area contributed by atoms with Crippen LogP contribution < -0.4 is 0 Å². The van der Waals surface area contributed by atoms with Gasteiger partial charge in [-0.25, -0.2) is 0 Å². The van der Waals surface area contributed by atoms with Crippen LogP contribution in [-0.2, 0) is 4.79 Å². The highest BCUT2D eigenvalue weighted by molar-refractivity contribution is 6.32. The number of phenols is 1. The Morgan fingerprint density at radius 1 is 1.50 bits per heavy atom. The van der Waals surface area contributed by atoms with Crippen molar-refractivity contribution in [3.05, 3.63) is 34.9 Å².